The van der Waals surface area contributed by atoms with Crippen molar-refractivity contribution in [3.8, 4) is 0 Å². The van der Waals surface area contributed by atoms with E-state index in [1.165, 1.54) is 18.4 Å². The highest BCUT2D eigenvalue weighted by atomic mass is 35.5. The van der Waals surface area contributed by atoms with Gasteiger partial charge in [0.05, 0.1) is 0 Å². The van der Waals surface area contributed by atoms with Gasteiger partial charge in [-0.05, 0) is 49.8 Å². The van der Waals surface area contributed by atoms with Gasteiger partial charge in [-0.3, -0.25) is 0 Å². The summed E-state index contributed by atoms with van der Waals surface area (Å²) >= 11 is 5.95. The maximum Gasteiger partial charge on any atom is 0.129 e. The summed E-state index contributed by atoms with van der Waals surface area (Å²) < 4.78 is 0. The molecule has 0 bridgehead atoms. The quantitative estimate of drug-likeness (QED) is 0.719. The molecule has 0 radical (unpaired) electrons. The van der Waals surface area contributed by atoms with Gasteiger partial charge in [-0.2, -0.15) is 0 Å². The first-order chi connectivity index (χ1) is 8.26. The smallest absolute Gasteiger partial charge is 0.129 e. The molecule has 1 fully saturated rings. The molecule has 0 unspecified atom stereocenters. The number of aromatic nitrogens is 1. The monoisotopic (exact) mass is 252 g/mol. The largest absolute Gasteiger partial charge is 0.357 e. The fourth-order valence-corrected chi connectivity index (χ4v) is 2.20. The summed E-state index contributed by atoms with van der Waals surface area (Å²) in [7, 11) is 0. The van der Waals surface area contributed by atoms with Crippen molar-refractivity contribution in [2.24, 2.45) is 5.92 Å². The Morgan fingerprint density at radius 3 is 2.65 bits per heavy atom. The summed E-state index contributed by atoms with van der Waals surface area (Å²) in [5.41, 5.74) is 2.33. The Morgan fingerprint density at radius 2 is 2.12 bits per heavy atom. The molecule has 1 aromatic rings. The second-order valence-electron chi connectivity index (χ2n) is 4.79. The Labute approximate surface area is 109 Å². The first kappa shape index (κ1) is 12.7. The zero-order valence-electron chi connectivity index (χ0n) is 10.7. The number of alkyl halides is 1. The molecule has 0 saturated heterocycles. The first-order valence-corrected chi connectivity index (χ1v) is 7.11. The van der Waals surface area contributed by atoms with Gasteiger partial charge in [0, 0.05) is 24.7 Å². The van der Waals surface area contributed by atoms with E-state index in [1.807, 2.05) is 0 Å². The summed E-state index contributed by atoms with van der Waals surface area (Å²) in [4.78, 5) is 7.10. The predicted molar refractivity (Wildman–Crippen MR) is 73.8 cm³/mol. The fourth-order valence-electron chi connectivity index (χ4n) is 2.05. The summed E-state index contributed by atoms with van der Waals surface area (Å²) in [5, 5.41) is 0. The highest BCUT2D eigenvalue weighted by molar-refractivity contribution is 6.17. The van der Waals surface area contributed by atoms with Gasteiger partial charge in [-0.1, -0.05) is 6.92 Å². The van der Waals surface area contributed by atoms with Crippen LogP contribution < -0.4 is 4.90 Å². The van der Waals surface area contributed by atoms with Crippen molar-refractivity contribution in [1.29, 1.82) is 0 Å². The van der Waals surface area contributed by atoms with Gasteiger partial charge >= 0.3 is 0 Å². The van der Waals surface area contributed by atoms with Crippen molar-refractivity contribution in [3.63, 3.8) is 0 Å². The Morgan fingerprint density at radius 1 is 1.35 bits per heavy atom. The summed E-state index contributed by atoms with van der Waals surface area (Å²) in [6.45, 7) is 6.52. The number of pyridine rings is 1. The molecule has 0 amide bonds. The number of hydrogen-bond donors (Lipinski definition) is 0. The molecule has 0 aromatic carbocycles. The number of anilines is 1. The average Bonchev–Trinajstić information content (AvgIpc) is 3.19. The third kappa shape index (κ3) is 3.35. The topological polar surface area (TPSA) is 16.1 Å². The summed E-state index contributed by atoms with van der Waals surface area (Å²) in [6, 6.07) is 4.25. The van der Waals surface area contributed by atoms with Crippen molar-refractivity contribution in [3.05, 3.63) is 23.4 Å². The molecular weight excluding hydrogens is 232 g/mol. The van der Waals surface area contributed by atoms with Crippen molar-refractivity contribution in [2.75, 3.05) is 18.0 Å². The van der Waals surface area contributed by atoms with Crippen LogP contribution in [0.3, 0.4) is 0 Å². The van der Waals surface area contributed by atoms with Crippen LogP contribution in [0.15, 0.2) is 12.1 Å². The molecule has 2 rings (SSSR count). The summed E-state index contributed by atoms with van der Waals surface area (Å²) in [6.07, 6.45) is 3.73. The van der Waals surface area contributed by atoms with Crippen LogP contribution in [0.1, 0.15) is 37.9 Å². The van der Waals surface area contributed by atoms with E-state index in [1.54, 1.807) is 0 Å². The minimum Gasteiger partial charge on any atom is -0.357 e. The van der Waals surface area contributed by atoms with Gasteiger partial charge < -0.3 is 4.90 Å². The van der Waals surface area contributed by atoms with Gasteiger partial charge in [0.25, 0.3) is 0 Å². The lowest BCUT2D eigenvalue weighted by Gasteiger charge is -2.23. The van der Waals surface area contributed by atoms with Gasteiger partial charge in [-0.15, -0.1) is 11.6 Å². The van der Waals surface area contributed by atoms with Crippen molar-refractivity contribution in [1.82, 2.24) is 4.98 Å². The molecule has 1 aromatic heterocycles. The van der Waals surface area contributed by atoms with E-state index in [0.29, 0.717) is 5.88 Å². The Hall–Kier alpha value is -0.760. The van der Waals surface area contributed by atoms with Gasteiger partial charge in [0.2, 0.25) is 0 Å². The normalized spacial score (nSPS) is 15.0. The molecule has 17 heavy (non-hydrogen) atoms. The number of halogens is 1. The van der Waals surface area contributed by atoms with E-state index >= 15 is 0 Å². The van der Waals surface area contributed by atoms with Crippen LogP contribution in [0.5, 0.6) is 0 Å². The maximum atomic E-state index is 5.95. The van der Waals surface area contributed by atoms with Crippen molar-refractivity contribution >= 4 is 17.4 Å². The summed E-state index contributed by atoms with van der Waals surface area (Å²) in [5.74, 6) is 2.57. The van der Waals surface area contributed by atoms with E-state index in [9.17, 15) is 0 Å². The second kappa shape index (κ2) is 5.72. The van der Waals surface area contributed by atoms with E-state index in [2.05, 4.69) is 30.9 Å². The predicted octanol–water partition coefficient (Wildman–Crippen LogP) is 3.62. The standard InChI is InChI=1S/C14H21ClN2/c1-3-13-7-12(9-15)8-14(16-13)17(4-2)10-11-5-6-11/h7-8,11H,3-6,9-10H2,1-2H3. The molecule has 0 spiro atoms. The van der Waals surface area contributed by atoms with Crippen LogP contribution >= 0.6 is 11.6 Å². The Kier molecular flexibility index (Phi) is 4.27. The van der Waals surface area contributed by atoms with Crippen LogP contribution in [-0.2, 0) is 12.3 Å². The van der Waals surface area contributed by atoms with E-state index in [4.69, 9.17) is 16.6 Å². The average molecular weight is 253 g/mol. The molecule has 1 saturated carbocycles. The number of nitrogens with zero attached hydrogens (tertiary/aromatic N) is 2. The van der Waals surface area contributed by atoms with Crippen molar-refractivity contribution in [2.45, 2.75) is 39.0 Å². The lowest BCUT2D eigenvalue weighted by molar-refractivity contribution is 0.728. The third-order valence-corrected chi connectivity index (χ3v) is 3.63. The van der Waals surface area contributed by atoms with Gasteiger partial charge in [0.1, 0.15) is 5.82 Å². The maximum absolute atomic E-state index is 5.95. The molecular formula is C14H21ClN2. The van der Waals surface area contributed by atoms with E-state index in [0.717, 1.165) is 36.9 Å². The van der Waals surface area contributed by atoms with Gasteiger partial charge in [-0.25, -0.2) is 4.98 Å². The molecule has 1 aliphatic carbocycles. The van der Waals surface area contributed by atoms with Gasteiger partial charge in [0.15, 0.2) is 0 Å². The molecule has 0 atom stereocenters. The SMILES string of the molecule is CCc1cc(CCl)cc(N(CC)CC2CC2)n1. The van der Waals surface area contributed by atoms with Crippen LogP contribution in [0.25, 0.3) is 0 Å². The van der Waals surface area contributed by atoms with Crippen LogP contribution in [0.2, 0.25) is 0 Å². The molecule has 3 heteroatoms. The van der Waals surface area contributed by atoms with E-state index < -0.39 is 0 Å². The second-order valence-corrected chi connectivity index (χ2v) is 5.06. The molecule has 0 N–H and O–H groups in total. The Bertz CT molecular complexity index is 352. The lowest BCUT2D eigenvalue weighted by Crippen LogP contribution is -2.26. The zero-order chi connectivity index (χ0) is 12.3. The molecule has 2 nitrogen and oxygen atoms in total. The lowest BCUT2D eigenvalue weighted by atomic mass is 10.2. The minimum absolute atomic E-state index is 0.573. The Balaban J connectivity index is 2.20. The fraction of sp³-hybridized carbons (Fsp3) is 0.643. The number of hydrogen-bond acceptors (Lipinski definition) is 2. The van der Waals surface area contributed by atoms with Crippen LogP contribution in [0, 0.1) is 5.92 Å². The molecule has 1 heterocycles. The highest BCUT2D eigenvalue weighted by Gasteiger charge is 2.24. The minimum atomic E-state index is 0.573. The number of rotatable bonds is 6. The van der Waals surface area contributed by atoms with Crippen LogP contribution in [-0.4, -0.2) is 18.1 Å². The van der Waals surface area contributed by atoms with Crippen molar-refractivity contribution < 1.29 is 0 Å². The van der Waals surface area contributed by atoms with E-state index in [-0.39, 0.29) is 0 Å². The molecule has 94 valence electrons. The molecule has 1 aliphatic rings. The first-order valence-electron chi connectivity index (χ1n) is 6.57. The zero-order valence-corrected chi connectivity index (χ0v) is 11.5. The molecule has 0 aliphatic heterocycles. The highest BCUT2D eigenvalue weighted by Crippen LogP contribution is 2.31. The number of aryl methyl sites for hydroxylation is 1. The third-order valence-electron chi connectivity index (χ3n) is 3.32. The van der Waals surface area contributed by atoms with Crippen LogP contribution in [0.4, 0.5) is 5.82 Å².